The molecule has 0 radical (unpaired) electrons. The Morgan fingerprint density at radius 1 is 0.926 bits per heavy atom. The lowest BCUT2D eigenvalue weighted by molar-refractivity contribution is 0.347. The number of para-hydroxylation sites is 1. The fourth-order valence-electron chi connectivity index (χ4n) is 2.30. The Hall–Kier alpha value is -2.70. The Morgan fingerprint density at radius 2 is 1.59 bits per heavy atom. The number of nitrogens with zero attached hydrogens (tertiary/aromatic N) is 2. The van der Waals surface area contributed by atoms with Gasteiger partial charge in [-0.15, -0.1) is 0 Å². The molecule has 0 bridgehead atoms. The number of benzene rings is 2. The van der Waals surface area contributed by atoms with Crippen LogP contribution in [0.5, 0.6) is 23.5 Å². The molecular weight excluding hydrogens is 389 g/mol. The molecule has 0 amide bonds. The predicted molar refractivity (Wildman–Crippen MR) is 105 cm³/mol. The van der Waals surface area contributed by atoms with Crippen LogP contribution in [-0.2, 0) is 6.54 Å². The molecule has 0 spiro atoms. The Kier molecular flexibility index (Phi) is 6.21. The van der Waals surface area contributed by atoms with Gasteiger partial charge >= 0.3 is 6.01 Å². The first-order valence-corrected chi connectivity index (χ1v) is 8.77. The van der Waals surface area contributed by atoms with E-state index in [1.807, 2.05) is 36.4 Å². The Bertz CT molecular complexity index is 901. The zero-order valence-corrected chi connectivity index (χ0v) is 16.2. The Labute approximate surface area is 167 Å². The minimum Gasteiger partial charge on any atom is -0.481 e. The zero-order chi connectivity index (χ0) is 19.2. The highest BCUT2D eigenvalue weighted by Gasteiger charge is 2.16. The van der Waals surface area contributed by atoms with E-state index >= 15 is 0 Å². The van der Waals surface area contributed by atoms with Crippen molar-refractivity contribution in [2.45, 2.75) is 6.54 Å². The van der Waals surface area contributed by atoms with E-state index in [1.54, 1.807) is 12.1 Å². The molecule has 2 aromatic carbocycles. The normalized spacial score (nSPS) is 10.4. The quantitative estimate of drug-likeness (QED) is 0.582. The van der Waals surface area contributed by atoms with E-state index in [0.29, 0.717) is 29.1 Å². The maximum absolute atomic E-state index is 6.37. The highest BCUT2D eigenvalue weighted by Crippen LogP contribution is 2.38. The van der Waals surface area contributed by atoms with Crippen molar-refractivity contribution in [1.29, 1.82) is 0 Å². The van der Waals surface area contributed by atoms with Crippen LogP contribution < -0.4 is 19.5 Å². The second kappa shape index (κ2) is 8.79. The fourth-order valence-corrected chi connectivity index (χ4v) is 2.68. The van der Waals surface area contributed by atoms with Crippen LogP contribution in [0.25, 0.3) is 0 Å². The lowest BCUT2D eigenvalue weighted by Crippen LogP contribution is -2.04. The van der Waals surface area contributed by atoms with Gasteiger partial charge in [0.25, 0.3) is 0 Å². The van der Waals surface area contributed by atoms with Crippen LogP contribution >= 0.6 is 23.2 Å². The van der Waals surface area contributed by atoms with E-state index in [9.17, 15) is 0 Å². The third kappa shape index (κ3) is 4.72. The van der Waals surface area contributed by atoms with E-state index in [2.05, 4.69) is 15.3 Å². The molecular formula is C19H17Cl2N3O3. The number of aromatic nitrogens is 2. The van der Waals surface area contributed by atoms with Gasteiger partial charge in [0, 0.05) is 17.8 Å². The summed E-state index contributed by atoms with van der Waals surface area (Å²) in [5.41, 5.74) is 1.76. The SMILES string of the molecule is COc1cc(OC)nc(Oc2c(CNc3ccccc3)ccc(Cl)c2Cl)n1. The molecule has 3 aromatic rings. The van der Waals surface area contributed by atoms with Gasteiger partial charge in [0.05, 0.1) is 25.3 Å². The van der Waals surface area contributed by atoms with Crippen LogP contribution in [0, 0.1) is 0 Å². The van der Waals surface area contributed by atoms with E-state index in [-0.39, 0.29) is 11.0 Å². The molecule has 0 saturated heterocycles. The minimum atomic E-state index is 0.0383. The van der Waals surface area contributed by atoms with Gasteiger partial charge in [-0.1, -0.05) is 47.5 Å². The first-order chi connectivity index (χ1) is 13.1. The fraction of sp³-hybridized carbons (Fsp3) is 0.158. The molecule has 0 aliphatic rings. The third-order valence-electron chi connectivity index (χ3n) is 3.66. The van der Waals surface area contributed by atoms with Gasteiger partial charge in [-0.3, -0.25) is 0 Å². The summed E-state index contributed by atoms with van der Waals surface area (Å²) in [5.74, 6) is 0.973. The van der Waals surface area contributed by atoms with Gasteiger partial charge < -0.3 is 19.5 Å². The Morgan fingerprint density at radius 3 is 2.22 bits per heavy atom. The van der Waals surface area contributed by atoms with Crippen molar-refractivity contribution in [2.75, 3.05) is 19.5 Å². The molecule has 1 N–H and O–H groups in total. The second-order valence-corrected chi connectivity index (χ2v) is 6.19. The van der Waals surface area contributed by atoms with Crippen LogP contribution in [0.1, 0.15) is 5.56 Å². The van der Waals surface area contributed by atoms with Gasteiger partial charge in [-0.05, 0) is 18.2 Å². The van der Waals surface area contributed by atoms with Crippen molar-refractivity contribution in [2.24, 2.45) is 0 Å². The number of anilines is 1. The van der Waals surface area contributed by atoms with E-state index in [0.717, 1.165) is 11.3 Å². The summed E-state index contributed by atoms with van der Waals surface area (Å²) in [7, 11) is 2.99. The summed E-state index contributed by atoms with van der Waals surface area (Å²) in [5, 5.41) is 3.95. The zero-order valence-electron chi connectivity index (χ0n) is 14.7. The van der Waals surface area contributed by atoms with Crippen LogP contribution in [-0.4, -0.2) is 24.2 Å². The third-order valence-corrected chi connectivity index (χ3v) is 4.45. The van der Waals surface area contributed by atoms with Gasteiger partial charge in [0.1, 0.15) is 5.02 Å². The molecule has 6 nitrogen and oxygen atoms in total. The molecule has 8 heteroatoms. The van der Waals surface area contributed by atoms with Crippen molar-refractivity contribution < 1.29 is 14.2 Å². The molecule has 140 valence electrons. The lowest BCUT2D eigenvalue weighted by Gasteiger charge is -2.14. The van der Waals surface area contributed by atoms with Crippen molar-refractivity contribution in [3.05, 3.63) is 64.1 Å². The van der Waals surface area contributed by atoms with Crippen LogP contribution in [0.4, 0.5) is 5.69 Å². The van der Waals surface area contributed by atoms with Crippen LogP contribution in [0.3, 0.4) is 0 Å². The predicted octanol–water partition coefficient (Wildman–Crippen LogP) is 5.21. The average Bonchev–Trinajstić information content (AvgIpc) is 2.71. The van der Waals surface area contributed by atoms with Crippen molar-refractivity contribution in [3.63, 3.8) is 0 Å². The summed E-state index contributed by atoms with van der Waals surface area (Å²) in [6.07, 6.45) is 0. The first-order valence-electron chi connectivity index (χ1n) is 8.01. The summed E-state index contributed by atoms with van der Waals surface area (Å²) in [6.45, 7) is 0.470. The van der Waals surface area contributed by atoms with Crippen molar-refractivity contribution in [1.82, 2.24) is 9.97 Å². The van der Waals surface area contributed by atoms with Gasteiger partial charge in [-0.25, -0.2) is 0 Å². The standard InChI is InChI=1S/C19H17Cl2N3O3/c1-25-15-10-16(26-2)24-19(23-15)27-18-12(8-9-14(20)17(18)21)11-22-13-6-4-3-5-7-13/h3-10,22H,11H2,1-2H3. The van der Waals surface area contributed by atoms with Gasteiger partial charge in [0.2, 0.25) is 11.8 Å². The second-order valence-electron chi connectivity index (χ2n) is 5.41. The number of methoxy groups -OCH3 is 2. The van der Waals surface area contributed by atoms with Crippen molar-refractivity contribution >= 4 is 28.9 Å². The Balaban J connectivity index is 1.91. The summed E-state index contributed by atoms with van der Waals surface area (Å²) in [4.78, 5) is 8.34. The first kappa shape index (κ1) is 19.1. The lowest BCUT2D eigenvalue weighted by atomic mass is 10.2. The minimum absolute atomic E-state index is 0.0383. The number of halogens is 2. The molecule has 0 aliphatic carbocycles. The average molecular weight is 406 g/mol. The van der Waals surface area contributed by atoms with E-state index in [4.69, 9.17) is 37.4 Å². The summed E-state index contributed by atoms with van der Waals surface area (Å²) in [6, 6.07) is 14.9. The topological polar surface area (TPSA) is 65.5 Å². The highest BCUT2D eigenvalue weighted by atomic mass is 35.5. The molecule has 0 saturated carbocycles. The van der Waals surface area contributed by atoms with Gasteiger partial charge in [-0.2, -0.15) is 9.97 Å². The number of ether oxygens (including phenoxy) is 3. The van der Waals surface area contributed by atoms with Crippen molar-refractivity contribution in [3.8, 4) is 23.5 Å². The largest absolute Gasteiger partial charge is 0.481 e. The van der Waals surface area contributed by atoms with Gasteiger partial charge in [0.15, 0.2) is 5.75 Å². The summed E-state index contributed by atoms with van der Waals surface area (Å²) >= 11 is 12.5. The number of rotatable bonds is 7. The maximum atomic E-state index is 6.37. The number of nitrogens with one attached hydrogen (secondary N) is 1. The van der Waals surface area contributed by atoms with E-state index in [1.165, 1.54) is 14.2 Å². The molecule has 3 rings (SSSR count). The highest BCUT2D eigenvalue weighted by molar-refractivity contribution is 6.43. The molecule has 0 unspecified atom stereocenters. The number of hydrogen-bond acceptors (Lipinski definition) is 6. The molecule has 27 heavy (non-hydrogen) atoms. The molecule has 1 heterocycles. The molecule has 0 fully saturated rings. The molecule has 1 aromatic heterocycles. The molecule has 0 atom stereocenters. The van der Waals surface area contributed by atoms with Crippen LogP contribution in [0.2, 0.25) is 10.0 Å². The monoisotopic (exact) mass is 405 g/mol. The van der Waals surface area contributed by atoms with E-state index < -0.39 is 0 Å². The smallest absolute Gasteiger partial charge is 0.328 e. The summed E-state index contributed by atoms with van der Waals surface area (Å²) < 4.78 is 16.1. The molecule has 0 aliphatic heterocycles. The number of hydrogen-bond donors (Lipinski definition) is 1. The van der Waals surface area contributed by atoms with Crippen LogP contribution in [0.15, 0.2) is 48.5 Å². The maximum Gasteiger partial charge on any atom is 0.328 e.